The molecular weight excluding hydrogens is 485 g/mol. The highest BCUT2D eigenvalue weighted by Crippen LogP contribution is 2.34. The summed E-state index contributed by atoms with van der Waals surface area (Å²) in [5, 5.41) is 8.78. The molecule has 3 rings (SSSR count). The Labute approximate surface area is 211 Å². The minimum atomic E-state index is -3.37. The second-order valence-electron chi connectivity index (χ2n) is 9.18. The molecule has 1 fully saturated rings. The molecule has 0 aliphatic heterocycles. The lowest BCUT2D eigenvalue weighted by molar-refractivity contribution is -0.118. The molecule has 0 radical (unpaired) electrons. The zero-order valence-electron chi connectivity index (χ0n) is 20.7. The predicted molar refractivity (Wildman–Crippen MR) is 137 cm³/mol. The van der Waals surface area contributed by atoms with Gasteiger partial charge in [0, 0.05) is 31.0 Å². The Bertz CT molecular complexity index is 1150. The number of halogens is 1. The summed E-state index contributed by atoms with van der Waals surface area (Å²) < 4.78 is 40.8. The van der Waals surface area contributed by atoms with E-state index in [0.29, 0.717) is 17.5 Å². The highest BCUT2D eigenvalue weighted by atomic mass is 32.2. The molecule has 0 heterocycles. The van der Waals surface area contributed by atoms with Crippen molar-refractivity contribution >= 4 is 21.7 Å². The number of ether oxygens (including phenoxy) is 1. The fourth-order valence-corrected chi connectivity index (χ4v) is 5.00. The van der Waals surface area contributed by atoms with Gasteiger partial charge in [-0.2, -0.15) is 0 Å². The smallest absolute Gasteiger partial charge is 0.251 e. The quantitative estimate of drug-likeness (QED) is 0.371. The normalized spacial score (nSPS) is 17.5. The number of hydrogen-bond donors (Lipinski definition) is 3. The van der Waals surface area contributed by atoms with Crippen LogP contribution in [-0.4, -0.2) is 65.0 Å². The van der Waals surface area contributed by atoms with Gasteiger partial charge in [-0.15, -0.1) is 0 Å². The Morgan fingerprint density at radius 1 is 1.03 bits per heavy atom. The van der Waals surface area contributed by atoms with E-state index in [1.807, 2.05) is 12.1 Å². The molecule has 0 saturated heterocycles. The first-order chi connectivity index (χ1) is 17.1. The largest absolute Gasteiger partial charge is 0.494 e. The minimum Gasteiger partial charge on any atom is -0.494 e. The molecule has 2 aromatic carbocycles. The van der Waals surface area contributed by atoms with Crippen LogP contribution in [0.3, 0.4) is 0 Å². The number of carbonyl (C=O) groups is 2. The van der Waals surface area contributed by atoms with Crippen LogP contribution in [0.15, 0.2) is 42.5 Å². The van der Waals surface area contributed by atoms with Crippen molar-refractivity contribution in [1.82, 2.24) is 16.0 Å². The molecule has 0 unspecified atom stereocenters. The number of carbonyl (C=O) groups excluding carboxylic acids is 2. The second-order valence-corrected chi connectivity index (χ2v) is 11.3. The molecule has 8 nitrogen and oxygen atoms in total. The van der Waals surface area contributed by atoms with E-state index in [1.165, 1.54) is 18.7 Å². The van der Waals surface area contributed by atoms with Crippen molar-refractivity contribution in [3.63, 3.8) is 0 Å². The van der Waals surface area contributed by atoms with Crippen LogP contribution in [-0.2, 0) is 21.1 Å². The van der Waals surface area contributed by atoms with E-state index in [2.05, 4.69) is 16.0 Å². The fourth-order valence-electron chi connectivity index (χ4n) is 4.43. The van der Waals surface area contributed by atoms with Gasteiger partial charge in [0.25, 0.3) is 5.91 Å². The van der Waals surface area contributed by atoms with Crippen molar-refractivity contribution in [3.05, 3.63) is 65.0 Å². The molecule has 10 heteroatoms. The van der Waals surface area contributed by atoms with E-state index in [4.69, 9.17) is 4.74 Å². The number of hydrogen-bond acceptors (Lipinski definition) is 6. The molecular formula is C26H34FN3O5S. The molecule has 2 atom stereocenters. The van der Waals surface area contributed by atoms with Crippen LogP contribution in [0.2, 0.25) is 0 Å². The van der Waals surface area contributed by atoms with Crippen molar-refractivity contribution in [2.75, 3.05) is 38.8 Å². The molecule has 3 N–H and O–H groups in total. The summed E-state index contributed by atoms with van der Waals surface area (Å²) in [5.41, 5.74) is 2.76. The average molecular weight is 520 g/mol. The third-order valence-electron chi connectivity index (χ3n) is 6.27. The molecule has 2 amide bonds. The lowest BCUT2D eigenvalue weighted by Gasteiger charge is -2.14. The Balaban J connectivity index is 1.38. The maximum absolute atomic E-state index is 13.6. The maximum Gasteiger partial charge on any atom is 0.251 e. The first-order valence-electron chi connectivity index (χ1n) is 12.0. The lowest BCUT2D eigenvalue weighted by atomic mass is 9.96. The molecule has 196 valence electrons. The van der Waals surface area contributed by atoms with Gasteiger partial charge in [0.15, 0.2) is 21.4 Å². The Kier molecular flexibility index (Phi) is 9.83. The highest BCUT2D eigenvalue weighted by Gasteiger charge is 2.25. The van der Waals surface area contributed by atoms with E-state index in [0.717, 1.165) is 44.0 Å². The third kappa shape index (κ3) is 8.60. The van der Waals surface area contributed by atoms with E-state index >= 15 is 0 Å². The molecule has 36 heavy (non-hydrogen) atoms. The zero-order valence-corrected chi connectivity index (χ0v) is 21.5. The molecule has 1 saturated carbocycles. The topological polar surface area (TPSA) is 114 Å². The van der Waals surface area contributed by atoms with Crippen LogP contribution in [0.5, 0.6) is 5.75 Å². The molecule has 1 aliphatic rings. The van der Waals surface area contributed by atoms with Crippen LogP contribution < -0.4 is 20.7 Å². The van der Waals surface area contributed by atoms with Crippen LogP contribution in [0, 0.1) is 5.82 Å². The average Bonchev–Trinajstić information content (AvgIpc) is 3.30. The molecule has 0 spiro atoms. The third-order valence-corrected chi connectivity index (χ3v) is 7.05. The van der Waals surface area contributed by atoms with Gasteiger partial charge in [-0.05, 0) is 73.5 Å². The van der Waals surface area contributed by atoms with Crippen LogP contribution in [0.25, 0.3) is 0 Å². The number of benzene rings is 2. The van der Waals surface area contributed by atoms with E-state index in [-0.39, 0.29) is 30.6 Å². The van der Waals surface area contributed by atoms with Crippen molar-refractivity contribution in [2.45, 2.75) is 37.6 Å². The highest BCUT2D eigenvalue weighted by molar-refractivity contribution is 7.91. The Morgan fingerprint density at radius 2 is 1.75 bits per heavy atom. The van der Waals surface area contributed by atoms with Gasteiger partial charge in [0.05, 0.1) is 7.11 Å². The van der Waals surface area contributed by atoms with Crippen molar-refractivity contribution in [1.29, 1.82) is 0 Å². The van der Waals surface area contributed by atoms with Gasteiger partial charge in [-0.25, -0.2) is 12.8 Å². The molecule has 0 bridgehead atoms. The van der Waals surface area contributed by atoms with E-state index in [9.17, 15) is 22.4 Å². The number of amides is 2. The summed E-state index contributed by atoms with van der Waals surface area (Å²) >= 11 is 0. The van der Waals surface area contributed by atoms with Crippen LogP contribution >= 0.6 is 0 Å². The Hall–Kier alpha value is -2.98. The van der Waals surface area contributed by atoms with Gasteiger partial charge in [0.2, 0.25) is 5.91 Å². The van der Waals surface area contributed by atoms with E-state index in [1.54, 1.807) is 24.3 Å². The van der Waals surface area contributed by atoms with Gasteiger partial charge >= 0.3 is 0 Å². The van der Waals surface area contributed by atoms with Crippen molar-refractivity contribution in [2.24, 2.45) is 0 Å². The monoisotopic (exact) mass is 519 g/mol. The van der Waals surface area contributed by atoms with Crippen LogP contribution in [0.4, 0.5) is 4.39 Å². The zero-order chi connectivity index (χ0) is 26.1. The second kappa shape index (κ2) is 12.8. The molecule has 1 aliphatic carbocycles. The van der Waals surface area contributed by atoms with E-state index < -0.39 is 21.5 Å². The standard InChI is InChI=1S/C26H34FN3O5S/c1-35-24-15-18(3-10-23(24)27)11-12-28-22-9-8-21(16-22)19-4-6-20(7-5-19)26(32)30-14-13-29-25(31)17-36(2,33)34/h3-7,10,15,21-22,28H,8-9,11-14,16-17H2,1-2H3,(H,29,31)(H,30,32)/t21-,22+/m1/s1. The minimum absolute atomic E-state index is 0.156. The summed E-state index contributed by atoms with van der Waals surface area (Å²) in [5.74, 6) is -1.06. The first kappa shape index (κ1) is 27.6. The van der Waals surface area contributed by atoms with Gasteiger partial charge in [0.1, 0.15) is 5.75 Å². The van der Waals surface area contributed by atoms with Crippen molar-refractivity contribution < 1.29 is 27.1 Å². The maximum atomic E-state index is 13.6. The lowest BCUT2D eigenvalue weighted by Crippen LogP contribution is -2.37. The van der Waals surface area contributed by atoms with Crippen LogP contribution in [0.1, 0.15) is 46.7 Å². The van der Waals surface area contributed by atoms with Gasteiger partial charge in [-0.3, -0.25) is 9.59 Å². The summed E-state index contributed by atoms with van der Waals surface area (Å²) in [4.78, 5) is 23.8. The number of sulfone groups is 1. The first-order valence-corrected chi connectivity index (χ1v) is 14.1. The molecule has 2 aromatic rings. The van der Waals surface area contributed by atoms with Gasteiger partial charge in [-0.1, -0.05) is 18.2 Å². The number of rotatable bonds is 12. The SMILES string of the molecule is COc1cc(CCN[C@H]2CC[C@@H](c3ccc(C(=O)NCCNC(=O)CS(C)(=O)=O)cc3)C2)ccc1F. The number of methoxy groups -OCH3 is 1. The van der Waals surface area contributed by atoms with Crippen molar-refractivity contribution in [3.8, 4) is 5.75 Å². The fraction of sp³-hybridized carbons (Fsp3) is 0.462. The predicted octanol–water partition coefficient (Wildman–Crippen LogP) is 2.19. The summed E-state index contributed by atoms with van der Waals surface area (Å²) in [7, 11) is -1.91. The summed E-state index contributed by atoms with van der Waals surface area (Å²) in [6.07, 6.45) is 4.95. The Morgan fingerprint density at radius 3 is 2.44 bits per heavy atom. The molecule has 0 aromatic heterocycles. The van der Waals surface area contributed by atoms with Gasteiger partial charge < -0.3 is 20.7 Å². The summed E-state index contributed by atoms with van der Waals surface area (Å²) in [6.45, 7) is 1.17. The summed E-state index contributed by atoms with van der Waals surface area (Å²) in [6, 6.07) is 12.9. The number of nitrogens with one attached hydrogen (secondary N) is 3.